The summed E-state index contributed by atoms with van der Waals surface area (Å²) >= 11 is 7.55. The molecule has 1 amide bonds. The molecule has 10 heteroatoms. The maximum atomic E-state index is 15.6. The monoisotopic (exact) mass is 558 g/mol. The van der Waals surface area contributed by atoms with Gasteiger partial charge in [-0.15, -0.1) is 0 Å². The number of alkyl carbamates (subject to hydrolysis) is 1. The van der Waals surface area contributed by atoms with E-state index in [-0.39, 0.29) is 16.8 Å². The molecule has 0 aliphatic heterocycles. The summed E-state index contributed by atoms with van der Waals surface area (Å²) in [5.41, 5.74) is 1.93. The second-order valence-corrected chi connectivity index (χ2v) is 11.9. The maximum absolute atomic E-state index is 15.6. The molecular formula is C28H29ClF2N4O2S. The van der Waals surface area contributed by atoms with Crippen LogP contribution in [0.2, 0.25) is 5.02 Å². The summed E-state index contributed by atoms with van der Waals surface area (Å²) < 4.78 is 39.4. The third kappa shape index (κ3) is 5.40. The van der Waals surface area contributed by atoms with Crippen molar-refractivity contribution < 1.29 is 18.3 Å². The first-order valence-electron chi connectivity index (χ1n) is 12.5. The van der Waals surface area contributed by atoms with E-state index in [1.54, 1.807) is 62.8 Å². The van der Waals surface area contributed by atoms with E-state index in [2.05, 4.69) is 10.4 Å². The van der Waals surface area contributed by atoms with Crippen molar-refractivity contribution in [1.82, 2.24) is 19.7 Å². The number of hydrogen-bond acceptors (Lipinski definition) is 4. The topological polar surface area (TPSA) is 61.1 Å². The van der Waals surface area contributed by atoms with Crippen LogP contribution in [0, 0.1) is 18.6 Å². The van der Waals surface area contributed by atoms with Crippen LogP contribution in [-0.4, -0.2) is 32.6 Å². The number of nitrogens with zero attached hydrogens (tertiary/aromatic N) is 3. The number of amides is 1. The van der Waals surface area contributed by atoms with Gasteiger partial charge in [0.05, 0.1) is 29.0 Å². The molecule has 38 heavy (non-hydrogen) atoms. The number of fused-ring (bicyclic) bond motifs is 1. The molecule has 5 rings (SSSR count). The van der Waals surface area contributed by atoms with Crippen LogP contribution in [0.5, 0.6) is 0 Å². The number of rotatable bonds is 7. The van der Waals surface area contributed by atoms with E-state index >= 15 is 8.78 Å². The number of halogens is 3. The van der Waals surface area contributed by atoms with Gasteiger partial charge in [0.2, 0.25) is 0 Å². The van der Waals surface area contributed by atoms with Crippen LogP contribution < -0.4 is 5.32 Å². The first-order valence-corrected chi connectivity index (χ1v) is 13.7. The Bertz CT molecular complexity index is 1520. The average Bonchev–Trinajstić information content (AvgIpc) is 3.48. The van der Waals surface area contributed by atoms with Crippen LogP contribution in [0.25, 0.3) is 16.6 Å². The summed E-state index contributed by atoms with van der Waals surface area (Å²) in [6.45, 7) is 7.85. The van der Waals surface area contributed by atoms with Gasteiger partial charge in [-0.2, -0.15) is 5.10 Å². The lowest BCUT2D eigenvalue weighted by atomic mass is 10.2. The molecule has 0 spiro atoms. The molecule has 1 saturated carbocycles. The molecule has 1 N–H and O–H groups in total. The van der Waals surface area contributed by atoms with Crippen LogP contribution in [0.3, 0.4) is 0 Å². The highest BCUT2D eigenvalue weighted by molar-refractivity contribution is 7.99. The minimum atomic E-state index is -0.583. The lowest BCUT2D eigenvalue weighted by Crippen LogP contribution is -2.34. The predicted octanol–water partition coefficient (Wildman–Crippen LogP) is 7.62. The fourth-order valence-corrected chi connectivity index (χ4v) is 5.80. The van der Waals surface area contributed by atoms with Crippen molar-refractivity contribution >= 4 is 40.4 Å². The Kier molecular flexibility index (Phi) is 7.17. The summed E-state index contributed by atoms with van der Waals surface area (Å²) in [5, 5.41) is 7.86. The first-order chi connectivity index (χ1) is 18.0. The molecule has 1 aliphatic carbocycles. The summed E-state index contributed by atoms with van der Waals surface area (Å²) in [4.78, 5) is 13.3. The molecule has 0 bridgehead atoms. The van der Waals surface area contributed by atoms with E-state index in [1.807, 2.05) is 16.8 Å². The fourth-order valence-electron chi connectivity index (χ4n) is 4.39. The van der Waals surface area contributed by atoms with E-state index in [0.29, 0.717) is 40.1 Å². The van der Waals surface area contributed by atoms with Crippen molar-refractivity contribution in [1.29, 1.82) is 0 Å². The number of aromatic nitrogens is 3. The van der Waals surface area contributed by atoms with Gasteiger partial charge in [-0.05, 0) is 64.3 Å². The quantitative estimate of drug-likeness (QED) is 0.253. The smallest absolute Gasteiger partial charge is 0.407 e. The van der Waals surface area contributed by atoms with Gasteiger partial charge < -0.3 is 14.6 Å². The SMILES string of the molecule is Cc1cccc(Sc2c(C3CC3)n(-c3cnn(CCNC(=O)OC(C)(C)C)c3)c3c(F)c(Cl)ccc23)c1F. The van der Waals surface area contributed by atoms with Gasteiger partial charge >= 0.3 is 6.09 Å². The molecular weight excluding hydrogens is 530 g/mol. The van der Waals surface area contributed by atoms with Crippen molar-refractivity contribution in [2.24, 2.45) is 0 Å². The van der Waals surface area contributed by atoms with Crippen molar-refractivity contribution in [2.45, 2.75) is 68.4 Å². The molecule has 0 unspecified atom stereocenters. The predicted molar refractivity (Wildman–Crippen MR) is 145 cm³/mol. The zero-order valence-corrected chi connectivity index (χ0v) is 23.2. The average molecular weight is 559 g/mol. The molecule has 0 saturated heterocycles. The third-order valence-electron chi connectivity index (χ3n) is 6.23. The number of benzene rings is 2. The first kappa shape index (κ1) is 26.6. The summed E-state index contributed by atoms with van der Waals surface area (Å²) in [6.07, 6.45) is 4.90. The maximum Gasteiger partial charge on any atom is 0.407 e. The molecule has 200 valence electrons. The number of carbonyl (C=O) groups excluding carboxylic acids is 1. The van der Waals surface area contributed by atoms with Gasteiger partial charge in [0.1, 0.15) is 11.4 Å². The van der Waals surface area contributed by atoms with Crippen molar-refractivity contribution in [3.8, 4) is 5.69 Å². The lowest BCUT2D eigenvalue weighted by molar-refractivity contribution is 0.0525. The molecule has 2 aromatic heterocycles. The highest BCUT2D eigenvalue weighted by atomic mass is 35.5. The van der Waals surface area contributed by atoms with Gasteiger partial charge in [0.25, 0.3) is 0 Å². The summed E-state index contributed by atoms with van der Waals surface area (Å²) in [5.74, 6) is -0.588. The van der Waals surface area contributed by atoms with Crippen molar-refractivity contribution in [3.05, 3.63) is 70.6 Å². The van der Waals surface area contributed by atoms with Gasteiger partial charge in [-0.25, -0.2) is 13.6 Å². The number of nitrogens with one attached hydrogen (secondary N) is 1. The van der Waals surface area contributed by atoms with E-state index in [4.69, 9.17) is 16.3 Å². The highest BCUT2D eigenvalue weighted by Crippen LogP contribution is 2.51. The van der Waals surface area contributed by atoms with E-state index in [1.165, 1.54) is 11.8 Å². The number of hydrogen-bond donors (Lipinski definition) is 1. The minimum absolute atomic E-state index is 0.0193. The van der Waals surface area contributed by atoms with Gasteiger partial charge in [-0.1, -0.05) is 35.5 Å². The zero-order valence-electron chi connectivity index (χ0n) is 21.6. The van der Waals surface area contributed by atoms with Crippen LogP contribution in [0.15, 0.2) is 52.5 Å². The Morgan fingerprint density at radius 3 is 2.68 bits per heavy atom. The lowest BCUT2D eigenvalue weighted by Gasteiger charge is -2.19. The molecule has 2 aromatic carbocycles. The van der Waals surface area contributed by atoms with Crippen molar-refractivity contribution in [3.63, 3.8) is 0 Å². The fraction of sp³-hybridized carbons (Fsp3) is 0.357. The van der Waals surface area contributed by atoms with Gasteiger partial charge in [-0.3, -0.25) is 4.68 Å². The molecule has 4 aromatic rings. The van der Waals surface area contributed by atoms with E-state index in [0.717, 1.165) is 23.4 Å². The third-order valence-corrected chi connectivity index (χ3v) is 7.69. The Balaban J connectivity index is 1.52. The number of ether oxygens (including phenoxy) is 1. The van der Waals surface area contributed by atoms with Gasteiger partial charge in [0.15, 0.2) is 5.82 Å². The van der Waals surface area contributed by atoms with E-state index in [9.17, 15) is 4.79 Å². The molecule has 1 aliphatic rings. The second kappa shape index (κ2) is 10.3. The standard InChI is InChI=1S/C28H29ClF2N4O2S/c1-16-6-5-7-21(22(16)30)38-26-19-10-11-20(29)23(31)25(19)35(24(26)17-8-9-17)18-14-33-34(15-18)13-12-32-27(36)37-28(2,3)4/h5-7,10-11,14-15,17H,8-9,12-13H2,1-4H3,(H,32,36). The van der Waals surface area contributed by atoms with Gasteiger partial charge in [0, 0.05) is 39.5 Å². The molecule has 1 fully saturated rings. The summed E-state index contributed by atoms with van der Waals surface area (Å²) in [6, 6.07) is 8.64. The second-order valence-electron chi connectivity index (χ2n) is 10.5. The zero-order chi connectivity index (χ0) is 27.2. The van der Waals surface area contributed by atoms with Crippen LogP contribution in [-0.2, 0) is 11.3 Å². The Hall–Kier alpha value is -3.04. The number of carbonyl (C=O) groups is 1. The Labute approximate surface area is 229 Å². The van der Waals surface area contributed by atoms with Crippen LogP contribution >= 0.6 is 23.4 Å². The largest absolute Gasteiger partial charge is 0.444 e. The number of aryl methyl sites for hydroxylation is 1. The Morgan fingerprint density at radius 2 is 1.97 bits per heavy atom. The van der Waals surface area contributed by atoms with Crippen molar-refractivity contribution in [2.75, 3.05) is 6.54 Å². The van der Waals surface area contributed by atoms with Crippen LogP contribution in [0.1, 0.15) is 50.8 Å². The minimum Gasteiger partial charge on any atom is -0.444 e. The molecule has 6 nitrogen and oxygen atoms in total. The summed E-state index contributed by atoms with van der Waals surface area (Å²) in [7, 11) is 0. The molecule has 2 heterocycles. The molecule has 0 radical (unpaired) electrons. The normalized spacial score (nSPS) is 13.8. The van der Waals surface area contributed by atoms with Crippen LogP contribution in [0.4, 0.5) is 13.6 Å². The highest BCUT2D eigenvalue weighted by Gasteiger charge is 2.34. The Morgan fingerprint density at radius 1 is 1.21 bits per heavy atom. The molecule has 0 atom stereocenters. The van der Waals surface area contributed by atoms with E-state index < -0.39 is 17.5 Å².